The van der Waals surface area contributed by atoms with Gasteiger partial charge in [0, 0.05) is 30.5 Å². The summed E-state index contributed by atoms with van der Waals surface area (Å²) in [6, 6.07) is 8.19. The fraction of sp³-hybridized carbons (Fsp3) is 0.562. The summed E-state index contributed by atoms with van der Waals surface area (Å²) in [6.07, 6.45) is 0.657. The SMILES string of the molecule is CNCC1CN(C(=O)CC(C)c2ccc(Br)cc2)CCO1. The zero-order chi connectivity index (χ0) is 15.2. The Bertz CT molecular complexity index is 462. The third-order valence-corrected chi connectivity index (χ3v) is 4.37. The minimum atomic E-state index is 0.107. The van der Waals surface area contributed by atoms with E-state index in [-0.39, 0.29) is 17.9 Å². The van der Waals surface area contributed by atoms with Gasteiger partial charge in [-0.2, -0.15) is 0 Å². The Kier molecular flexibility index (Phi) is 6.21. The summed E-state index contributed by atoms with van der Waals surface area (Å²) >= 11 is 3.43. The predicted molar refractivity (Wildman–Crippen MR) is 87.4 cm³/mol. The molecule has 116 valence electrons. The molecule has 1 aromatic rings. The molecule has 5 heteroatoms. The molecule has 4 nitrogen and oxygen atoms in total. The smallest absolute Gasteiger partial charge is 0.223 e. The van der Waals surface area contributed by atoms with E-state index in [4.69, 9.17) is 4.74 Å². The van der Waals surface area contributed by atoms with Gasteiger partial charge in [0.25, 0.3) is 0 Å². The molecule has 0 aromatic heterocycles. The number of amides is 1. The Balaban J connectivity index is 1.89. The minimum absolute atomic E-state index is 0.107. The summed E-state index contributed by atoms with van der Waals surface area (Å²) < 4.78 is 6.70. The van der Waals surface area contributed by atoms with Gasteiger partial charge in [0.2, 0.25) is 5.91 Å². The average molecular weight is 355 g/mol. The van der Waals surface area contributed by atoms with Crippen LogP contribution in [0.4, 0.5) is 0 Å². The summed E-state index contributed by atoms with van der Waals surface area (Å²) in [7, 11) is 1.90. The maximum atomic E-state index is 12.4. The lowest BCUT2D eigenvalue weighted by molar-refractivity contribution is -0.138. The van der Waals surface area contributed by atoms with E-state index in [1.165, 1.54) is 5.56 Å². The van der Waals surface area contributed by atoms with Crippen LogP contribution >= 0.6 is 15.9 Å². The van der Waals surface area contributed by atoms with Crippen LogP contribution in [0, 0.1) is 0 Å². The number of benzene rings is 1. The van der Waals surface area contributed by atoms with E-state index in [0.717, 1.165) is 11.0 Å². The normalized spacial score (nSPS) is 20.3. The van der Waals surface area contributed by atoms with Crippen LogP contribution in [0.25, 0.3) is 0 Å². The van der Waals surface area contributed by atoms with Gasteiger partial charge in [-0.05, 0) is 30.7 Å². The van der Waals surface area contributed by atoms with Crippen molar-refractivity contribution in [1.29, 1.82) is 0 Å². The van der Waals surface area contributed by atoms with E-state index in [2.05, 4.69) is 40.3 Å². The van der Waals surface area contributed by atoms with Crippen molar-refractivity contribution in [2.75, 3.05) is 33.3 Å². The Labute approximate surface area is 135 Å². The van der Waals surface area contributed by atoms with Crippen LogP contribution in [0.5, 0.6) is 0 Å². The van der Waals surface area contributed by atoms with Crippen LogP contribution in [0.1, 0.15) is 24.8 Å². The lowest BCUT2D eigenvalue weighted by Crippen LogP contribution is -2.48. The van der Waals surface area contributed by atoms with Crippen molar-refractivity contribution in [2.45, 2.75) is 25.4 Å². The van der Waals surface area contributed by atoms with Crippen molar-refractivity contribution < 1.29 is 9.53 Å². The molecule has 1 amide bonds. The quantitative estimate of drug-likeness (QED) is 0.882. The van der Waals surface area contributed by atoms with E-state index in [1.54, 1.807) is 0 Å². The van der Waals surface area contributed by atoms with Gasteiger partial charge >= 0.3 is 0 Å². The number of hydrogen-bond acceptors (Lipinski definition) is 3. The first-order valence-corrected chi connectivity index (χ1v) is 8.19. The van der Waals surface area contributed by atoms with Gasteiger partial charge < -0.3 is 15.0 Å². The van der Waals surface area contributed by atoms with Crippen molar-refractivity contribution in [1.82, 2.24) is 10.2 Å². The summed E-state index contributed by atoms with van der Waals surface area (Å²) in [4.78, 5) is 14.4. The van der Waals surface area contributed by atoms with E-state index in [0.29, 0.717) is 26.1 Å². The van der Waals surface area contributed by atoms with Crippen molar-refractivity contribution >= 4 is 21.8 Å². The number of morpholine rings is 1. The number of halogens is 1. The zero-order valence-corrected chi connectivity index (χ0v) is 14.2. The molecule has 0 bridgehead atoms. The molecule has 0 aliphatic carbocycles. The minimum Gasteiger partial charge on any atom is -0.373 e. The van der Waals surface area contributed by atoms with Crippen LogP contribution in [-0.4, -0.2) is 50.2 Å². The predicted octanol–water partition coefficient (Wildman–Crippen LogP) is 2.39. The Morgan fingerprint density at radius 1 is 1.48 bits per heavy atom. The number of nitrogens with zero attached hydrogens (tertiary/aromatic N) is 1. The molecule has 0 radical (unpaired) electrons. The lowest BCUT2D eigenvalue weighted by atomic mass is 9.97. The second-order valence-corrected chi connectivity index (χ2v) is 6.46. The Morgan fingerprint density at radius 2 is 2.19 bits per heavy atom. The molecule has 21 heavy (non-hydrogen) atoms. The molecule has 0 saturated carbocycles. The molecule has 1 heterocycles. The van der Waals surface area contributed by atoms with Crippen LogP contribution in [0.15, 0.2) is 28.7 Å². The second kappa shape index (κ2) is 7.92. The number of hydrogen-bond donors (Lipinski definition) is 1. The highest BCUT2D eigenvalue weighted by atomic mass is 79.9. The van der Waals surface area contributed by atoms with Gasteiger partial charge in [0.05, 0.1) is 12.7 Å². The van der Waals surface area contributed by atoms with Gasteiger partial charge in [-0.25, -0.2) is 0 Å². The van der Waals surface area contributed by atoms with Crippen molar-refractivity contribution in [3.8, 4) is 0 Å². The second-order valence-electron chi connectivity index (χ2n) is 5.55. The molecule has 1 fully saturated rings. The fourth-order valence-electron chi connectivity index (χ4n) is 2.60. The van der Waals surface area contributed by atoms with Crippen LogP contribution in [0.2, 0.25) is 0 Å². The molecule has 1 aromatic carbocycles. The maximum Gasteiger partial charge on any atom is 0.223 e. The number of carbonyl (C=O) groups excluding carboxylic acids is 1. The van der Waals surface area contributed by atoms with Crippen LogP contribution in [0.3, 0.4) is 0 Å². The summed E-state index contributed by atoms with van der Waals surface area (Å²) in [5, 5.41) is 3.10. The molecule has 1 saturated heterocycles. The van der Waals surface area contributed by atoms with E-state index < -0.39 is 0 Å². The first-order valence-electron chi connectivity index (χ1n) is 7.39. The van der Waals surface area contributed by atoms with Gasteiger partial charge in [-0.15, -0.1) is 0 Å². The molecule has 1 aliphatic rings. The summed E-state index contributed by atoms with van der Waals surface area (Å²) in [5.41, 5.74) is 1.20. The van der Waals surface area contributed by atoms with E-state index in [1.807, 2.05) is 24.1 Å². The van der Waals surface area contributed by atoms with Crippen molar-refractivity contribution in [3.63, 3.8) is 0 Å². The average Bonchev–Trinajstić information content (AvgIpc) is 2.48. The topological polar surface area (TPSA) is 41.6 Å². The first kappa shape index (κ1) is 16.5. The standard InChI is InChI=1S/C16H23BrN2O2/c1-12(13-3-5-14(17)6-4-13)9-16(20)19-7-8-21-15(11-19)10-18-2/h3-6,12,15,18H,7-11H2,1-2H3. The number of likely N-dealkylation sites (N-methyl/N-ethyl adjacent to an activating group) is 1. The summed E-state index contributed by atoms with van der Waals surface area (Å²) in [5.74, 6) is 0.450. The zero-order valence-electron chi connectivity index (χ0n) is 12.6. The van der Waals surface area contributed by atoms with Gasteiger partial charge in [-0.1, -0.05) is 35.0 Å². The number of nitrogens with one attached hydrogen (secondary N) is 1. The summed E-state index contributed by atoms with van der Waals surface area (Å²) in [6.45, 7) is 4.91. The Hall–Kier alpha value is -0.910. The highest BCUT2D eigenvalue weighted by Crippen LogP contribution is 2.22. The van der Waals surface area contributed by atoms with Crippen molar-refractivity contribution in [2.24, 2.45) is 0 Å². The molecule has 2 unspecified atom stereocenters. The molecular weight excluding hydrogens is 332 g/mol. The molecule has 1 aliphatic heterocycles. The Morgan fingerprint density at radius 3 is 2.86 bits per heavy atom. The van der Waals surface area contributed by atoms with Crippen LogP contribution < -0.4 is 5.32 Å². The van der Waals surface area contributed by atoms with E-state index in [9.17, 15) is 4.79 Å². The highest BCUT2D eigenvalue weighted by molar-refractivity contribution is 9.10. The molecule has 1 N–H and O–H groups in total. The monoisotopic (exact) mass is 354 g/mol. The lowest BCUT2D eigenvalue weighted by Gasteiger charge is -2.33. The molecule has 2 atom stereocenters. The van der Waals surface area contributed by atoms with Crippen LogP contribution in [-0.2, 0) is 9.53 Å². The molecule has 0 spiro atoms. The van der Waals surface area contributed by atoms with Crippen molar-refractivity contribution in [3.05, 3.63) is 34.3 Å². The highest BCUT2D eigenvalue weighted by Gasteiger charge is 2.24. The van der Waals surface area contributed by atoms with Gasteiger partial charge in [-0.3, -0.25) is 4.79 Å². The van der Waals surface area contributed by atoms with Gasteiger partial charge in [0.1, 0.15) is 0 Å². The first-order chi connectivity index (χ1) is 10.1. The largest absolute Gasteiger partial charge is 0.373 e. The number of ether oxygens (including phenoxy) is 1. The fourth-order valence-corrected chi connectivity index (χ4v) is 2.86. The number of carbonyl (C=O) groups is 1. The third kappa shape index (κ3) is 4.80. The third-order valence-electron chi connectivity index (χ3n) is 3.84. The van der Waals surface area contributed by atoms with E-state index >= 15 is 0 Å². The van der Waals surface area contributed by atoms with Gasteiger partial charge in [0.15, 0.2) is 0 Å². The molecular formula is C16H23BrN2O2. The number of rotatable bonds is 5. The maximum absolute atomic E-state index is 12.4. The molecule has 2 rings (SSSR count).